The van der Waals surface area contributed by atoms with Gasteiger partial charge in [0.2, 0.25) is 0 Å². The smallest absolute Gasteiger partial charge is 0.266 e. The lowest BCUT2D eigenvalue weighted by Gasteiger charge is -2.10. The first-order valence-electron chi connectivity index (χ1n) is 6.21. The Morgan fingerprint density at radius 1 is 1.29 bits per heavy atom. The van der Waals surface area contributed by atoms with Gasteiger partial charge in [-0.2, -0.15) is 0 Å². The van der Waals surface area contributed by atoms with Gasteiger partial charge in [-0.15, -0.1) is 0 Å². The third kappa shape index (κ3) is 2.86. The number of rotatable bonds is 3. The van der Waals surface area contributed by atoms with Crippen molar-refractivity contribution in [1.29, 1.82) is 0 Å². The monoisotopic (exact) mass is 317 g/mol. The number of para-hydroxylation sites is 1. The zero-order valence-corrected chi connectivity index (χ0v) is 12.5. The van der Waals surface area contributed by atoms with Crippen LogP contribution >= 0.6 is 24.2 Å². The highest BCUT2D eigenvalue weighted by molar-refractivity contribution is 8.23. The fraction of sp³-hybridized carbons (Fsp3) is 0.0667. The molecule has 0 bridgehead atoms. The summed E-state index contributed by atoms with van der Waals surface area (Å²) in [5, 5.41) is 9.78. The van der Waals surface area contributed by atoms with Crippen LogP contribution in [0.1, 0.15) is 11.3 Å². The molecule has 4 nitrogen and oxygen atoms in total. The van der Waals surface area contributed by atoms with Crippen molar-refractivity contribution in [2.24, 2.45) is 0 Å². The number of aromatic hydroxyl groups is 1. The first-order valence-corrected chi connectivity index (χ1v) is 7.39. The second-order valence-electron chi connectivity index (χ2n) is 4.42. The van der Waals surface area contributed by atoms with Gasteiger partial charge >= 0.3 is 0 Å². The van der Waals surface area contributed by atoms with Crippen LogP contribution in [0.3, 0.4) is 0 Å². The minimum Gasteiger partial charge on any atom is -0.507 e. The molecule has 2 aromatic rings. The zero-order chi connectivity index (χ0) is 14.8. The summed E-state index contributed by atoms with van der Waals surface area (Å²) < 4.78 is 7.29. The van der Waals surface area contributed by atoms with Gasteiger partial charge in [0.1, 0.15) is 15.7 Å². The highest BCUT2D eigenvalue weighted by Crippen LogP contribution is 2.33. The van der Waals surface area contributed by atoms with Crippen molar-refractivity contribution in [3.8, 4) is 5.75 Å². The Balaban J connectivity index is 1.85. The number of benzene rings is 1. The number of carbonyl (C=O) groups excluding carboxylic acids is 1. The molecule has 3 rings (SSSR count). The van der Waals surface area contributed by atoms with Gasteiger partial charge < -0.3 is 9.52 Å². The van der Waals surface area contributed by atoms with E-state index >= 15 is 0 Å². The second-order valence-corrected chi connectivity index (χ2v) is 6.11. The molecular weight excluding hydrogens is 306 g/mol. The number of hydrogen-bond donors (Lipinski definition) is 1. The van der Waals surface area contributed by atoms with E-state index in [0.29, 0.717) is 27.6 Å². The van der Waals surface area contributed by atoms with Crippen molar-refractivity contribution in [3.05, 3.63) is 59.6 Å². The molecule has 6 heteroatoms. The molecule has 106 valence electrons. The van der Waals surface area contributed by atoms with Gasteiger partial charge in [0.15, 0.2) is 0 Å². The zero-order valence-electron chi connectivity index (χ0n) is 10.9. The molecule has 0 aliphatic carbocycles. The van der Waals surface area contributed by atoms with Crippen LogP contribution in [0.2, 0.25) is 0 Å². The lowest BCUT2D eigenvalue weighted by atomic mass is 10.1. The van der Waals surface area contributed by atoms with Crippen molar-refractivity contribution < 1.29 is 14.3 Å². The predicted molar refractivity (Wildman–Crippen MR) is 85.5 cm³/mol. The van der Waals surface area contributed by atoms with Gasteiger partial charge in [-0.25, -0.2) is 0 Å². The summed E-state index contributed by atoms with van der Waals surface area (Å²) in [6.45, 7) is 0.356. The van der Waals surface area contributed by atoms with Gasteiger partial charge in [-0.3, -0.25) is 9.10 Å². The normalized spacial score (nSPS) is 17.0. The van der Waals surface area contributed by atoms with E-state index in [2.05, 4.69) is 0 Å². The molecule has 0 radical (unpaired) electrons. The minimum atomic E-state index is -0.176. The van der Waals surface area contributed by atoms with Crippen molar-refractivity contribution in [2.45, 2.75) is 6.54 Å². The van der Waals surface area contributed by atoms with Crippen LogP contribution in [-0.4, -0.2) is 19.5 Å². The van der Waals surface area contributed by atoms with Gasteiger partial charge in [0.25, 0.3) is 5.91 Å². The van der Waals surface area contributed by atoms with Crippen LogP contribution in [0.15, 0.2) is 52.7 Å². The van der Waals surface area contributed by atoms with Crippen molar-refractivity contribution in [1.82, 2.24) is 4.31 Å². The van der Waals surface area contributed by atoms with E-state index in [4.69, 9.17) is 16.6 Å². The average molecular weight is 317 g/mol. The summed E-state index contributed by atoms with van der Waals surface area (Å²) in [7, 11) is 0. The molecule has 1 N–H and O–H groups in total. The Kier molecular flexibility index (Phi) is 3.81. The van der Waals surface area contributed by atoms with Gasteiger partial charge in [0.05, 0.1) is 18.4 Å². The molecule has 0 spiro atoms. The first-order chi connectivity index (χ1) is 10.1. The maximum atomic E-state index is 12.4. The molecule has 0 saturated carbocycles. The van der Waals surface area contributed by atoms with Crippen LogP contribution in [0.4, 0.5) is 0 Å². The second kappa shape index (κ2) is 5.75. The molecule has 0 unspecified atom stereocenters. The Hall–Kier alpha value is -2.05. The quantitative estimate of drug-likeness (QED) is 0.534. The van der Waals surface area contributed by atoms with Crippen molar-refractivity contribution in [3.63, 3.8) is 0 Å². The lowest BCUT2D eigenvalue weighted by molar-refractivity contribution is -0.121. The molecule has 21 heavy (non-hydrogen) atoms. The van der Waals surface area contributed by atoms with Crippen LogP contribution in [0.25, 0.3) is 6.08 Å². The fourth-order valence-corrected chi connectivity index (χ4v) is 3.18. The predicted octanol–water partition coefficient (Wildman–Crippen LogP) is 3.39. The molecule has 2 heterocycles. The van der Waals surface area contributed by atoms with Gasteiger partial charge in [-0.05, 0) is 24.3 Å². The van der Waals surface area contributed by atoms with E-state index in [1.165, 1.54) is 11.9 Å². The van der Waals surface area contributed by atoms with E-state index < -0.39 is 0 Å². The van der Waals surface area contributed by atoms with Crippen molar-refractivity contribution >= 4 is 40.3 Å². The van der Waals surface area contributed by atoms with E-state index in [9.17, 15) is 9.90 Å². The maximum Gasteiger partial charge on any atom is 0.266 e. The number of nitrogens with zero attached hydrogens (tertiary/aromatic N) is 1. The summed E-state index contributed by atoms with van der Waals surface area (Å²) in [6, 6.07) is 10.4. The molecule has 1 aromatic heterocycles. The molecule has 1 saturated heterocycles. The van der Waals surface area contributed by atoms with Crippen LogP contribution in [-0.2, 0) is 11.3 Å². The number of carbonyl (C=O) groups is 1. The highest BCUT2D eigenvalue weighted by atomic mass is 32.2. The minimum absolute atomic E-state index is 0.120. The molecule has 1 amide bonds. The Bertz CT molecular complexity index is 722. The summed E-state index contributed by atoms with van der Waals surface area (Å²) in [6.07, 6.45) is 3.19. The van der Waals surface area contributed by atoms with Crippen molar-refractivity contribution in [2.75, 3.05) is 0 Å². The van der Waals surface area contributed by atoms with E-state index in [1.54, 1.807) is 47.0 Å². The Morgan fingerprint density at radius 3 is 2.81 bits per heavy atom. The number of thiocarbonyl (C=S) groups is 1. The van der Waals surface area contributed by atoms with E-state index in [-0.39, 0.29) is 11.7 Å². The molecule has 1 aromatic carbocycles. The fourth-order valence-electron chi connectivity index (χ4n) is 1.95. The molecular formula is C15H11NO3S2. The molecule has 1 fully saturated rings. The Morgan fingerprint density at radius 2 is 2.10 bits per heavy atom. The van der Waals surface area contributed by atoms with Gasteiger partial charge in [-0.1, -0.05) is 30.4 Å². The number of furan rings is 1. The topological polar surface area (TPSA) is 53.7 Å². The van der Waals surface area contributed by atoms with E-state index in [1.807, 2.05) is 6.07 Å². The van der Waals surface area contributed by atoms with E-state index in [0.717, 1.165) is 0 Å². The summed E-state index contributed by atoms with van der Waals surface area (Å²) >= 11 is 6.46. The van der Waals surface area contributed by atoms with Crippen LogP contribution in [0.5, 0.6) is 5.75 Å². The first kappa shape index (κ1) is 13.9. The largest absolute Gasteiger partial charge is 0.507 e. The van der Waals surface area contributed by atoms with Gasteiger partial charge in [0, 0.05) is 17.5 Å². The SMILES string of the molecule is O=C1/C(=C\c2ccccc2O)C(=S)SN1Cc1ccco1. The molecule has 1 aliphatic rings. The number of amides is 1. The number of phenols is 1. The van der Waals surface area contributed by atoms with Crippen LogP contribution in [0, 0.1) is 0 Å². The lowest BCUT2D eigenvalue weighted by Crippen LogP contribution is -2.18. The maximum absolute atomic E-state index is 12.4. The number of hydrogen-bond acceptors (Lipinski definition) is 5. The molecule has 1 aliphatic heterocycles. The summed E-state index contributed by atoms with van der Waals surface area (Å²) in [5.41, 5.74) is 0.992. The average Bonchev–Trinajstić information content (AvgIpc) is 3.05. The molecule has 0 atom stereocenters. The number of phenolic OH excluding ortho intramolecular Hbond substituents is 1. The third-order valence-electron chi connectivity index (χ3n) is 2.99. The summed E-state index contributed by atoms with van der Waals surface area (Å²) in [5.74, 6) is 0.641. The Labute approximate surface area is 131 Å². The highest BCUT2D eigenvalue weighted by Gasteiger charge is 2.32. The van der Waals surface area contributed by atoms with Crippen LogP contribution < -0.4 is 0 Å². The third-order valence-corrected chi connectivity index (χ3v) is 4.33. The summed E-state index contributed by atoms with van der Waals surface area (Å²) in [4.78, 5) is 12.4. The standard InChI is InChI=1S/C15H11NO3S2/c17-13-6-2-1-4-10(13)8-12-14(18)16(21-15(12)20)9-11-5-3-7-19-11/h1-8,17H,9H2/b12-8+.